The summed E-state index contributed by atoms with van der Waals surface area (Å²) < 4.78 is 5.62. The maximum absolute atomic E-state index is 12.7. The van der Waals surface area contributed by atoms with Gasteiger partial charge in [0.25, 0.3) is 0 Å². The molecule has 0 aromatic carbocycles. The molecule has 1 unspecified atom stereocenters. The molecule has 0 aliphatic heterocycles. The summed E-state index contributed by atoms with van der Waals surface area (Å²) in [6.07, 6.45) is 9.63. The maximum Gasteiger partial charge on any atom is 0.415 e. The van der Waals surface area contributed by atoms with E-state index in [1.54, 1.807) is 11.7 Å². The number of carbonyl (C=O) groups excluding carboxylic acids is 1. The second-order valence-electron chi connectivity index (χ2n) is 6.95. The van der Waals surface area contributed by atoms with Gasteiger partial charge in [-0.3, -0.25) is 9.88 Å². The van der Waals surface area contributed by atoms with Gasteiger partial charge in [-0.25, -0.2) is 4.79 Å². The van der Waals surface area contributed by atoms with E-state index in [1.807, 2.05) is 25.7 Å². The van der Waals surface area contributed by atoms with Gasteiger partial charge in [0.15, 0.2) is 0 Å². The summed E-state index contributed by atoms with van der Waals surface area (Å²) in [6.45, 7) is 10.1. The lowest BCUT2D eigenvalue weighted by molar-refractivity contribution is 0.0563. The molecule has 0 N–H and O–H groups in total. The highest BCUT2D eigenvalue weighted by Gasteiger charge is 2.29. The van der Waals surface area contributed by atoms with Crippen molar-refractivity contribution in [1.82, 2.24) is 4.98 Å². The zero-order chi connectivity index (χ0) is 17.3. The smallest absolute Gasteiger partial charge is 0.415 e. The molecule has 1 aromatic rings. The Balaban J connectivity index is 2.74. The highest BCUT2D eigenvalue weighted by Crippen LogP contribution is 2.28. The van der Waals surface area contributed by atoms with Crippen molar-refractivity contribution < 1.29 is 9.53 Å². The van der Waals surface area contributed by atoms with E-state index in [0.29, 0.717) is 0 Å². The van der Waals surface area contributed by atoms with Crippen LogP contribution in [0.1, 0.15) is 79.6 Å². The molecule has 5 heteroatoms. The van der Waals surface area contributed by atoms with Crippen molar-refractivity contribution in [3.63, 3.8) is 0 Å². The van der Waals surface area contributed by atoms with Gasteiger partial charge in [0, 0.05) is 6.04 Å². The van der Waals surface area contributed by atoms with E-state index >= 15 is 0 Å². The molecule has 1 atom stereocenters. The summed E-state index contributed by atoms with van der Waals surface area (Å²) in [7, 11) is 0. The molecule has 0 radical (unpaired) electrons. The third-order valence-electron chi connectivity index (χ3n) is 3.72. The van der Waals surface area contributed by atoms with Gasteiger partial charge in [-0.15, -0.1) is 11.3 Å². The van der Waals surface area contributed by atoms with Gasteiger partial charge in [-0.1, -0.05) is 46.0 Å². The number of hydrogen-bond acceptors (Lipinski definition) is 4. The standard InChI is InChI=1S/C18H32N2O2S/c1-6-8-9-10-11-12-15(7-2)20(16-13-19-14-23-16)17(21)22-18(3,4)5/h13-15H,6-12H2,1-5H3. The minimum Gasteiger partial charge on any atom is -0.443 e. The first-order chi connectivity index (χ1) is 10.9. The molecule has 1 heterocycles. The van der Waals surface area contributed by atoms with Gasteiger partial charge < -0.3 is 4.74 Å². The number of amides is 1. The van der Waals surface area contributed by atoms with Gasteiger partial charge in [-0.2, -0.15) is 0 Å². The summed E-state index contributed by atoms with van der Waals surface area (Å²) in [5.41, 5.74) is 1.28. The molecule has 0 saturated carbocycles. The van der Waals surface area contributed by atoms with Crippen LogP contribution in [0.25, 0.3) is 0 Å². The van der Waals surface area contributed by atoms with Crippen molar-refractivity contribution in [3.8, 4) is 0 Å². The molecular formula is C18H32N2O2S. The number of nitrogens with zero attached hydrogens (tertiary/aromatic N) is 2. The number of rotatable bonds is 9. The molecule has 1 rings (SSSR count). The first-order valence-electron chi connectivity index (χ1n) is 8.79. The van der Waals surface area contributed by atoms with Gasteiger partial charge in [0.05, 0.1) is 11.7 Å². The molecule has 4 nitrogen and oxygen atoms in total. The summed E-state index contributed by atoms with van der Waals surface area (Å²) >= 11 is 1.49. The lowest BCUT2D eigenvalue weighted by Crippen LogP contribution is -2.43. The predicted molar refractivity (Wildman–Crippen MR) is 98.3 cm³/mol. The molecule has 0 fully saturated rings. The van der Waals surface area contributed by atoms with E-state index in [0.717, 1.165) is 24.3 Å². The molecule has 0 aliphatic rings. The van der Waals surface area contributed by atoms with Gasteiger partial charge >= 0.3 is 6.09 Å². The number of hydrogen-bond donors (Lipinski definition) is 0. The van der Waals surface area contributed by atoms with Crippen LogP contribution in [0.15, 0.2) is 11.7 Å². The van der Waals surface area contributed by atoms with Crippen LogP contribution in [0.4, 0.5) is 9.80 Å². The van der Waals surface area contributed by atoms with Crippen molar-refractivity contribution in [3.05, 3.63) is 11.7 Å². The van der Waals surface area contributed by atoms with E-state index < -0.39 is 5.60 Å². The summed E-state index contributed by atoms with van der Waals surface area (Å²) in [6, 6.07) is 0.173. The third-order valence-corrected chi connectivity index (χ3v) is 4.49. The zero-order valence-electron chi connectivity index (χ0n) is 15.3. The Morgan fingerprint density at radius 1 is 1.26 bits per heavy atom. The van der Waals surface area contributed by atoms with Gasteiger partial charge in [-0.05, 0) is 33.6 Å². The maximum atomic E-state index is 12.7. The first-order valence-corrected chi connectivity index (χ1v) is 9.67. The number of anilines is 1. The number of ether oxygens (including phenoxy) is 1. The molecule has 23 heavy (non-hydrogen) atoms. The van der Waals surface area contributed by atoms with Crippen molar-refractivity contribution >= 4 is 22.4 Å². The Labute approximate surface area is 145 Å². The van der Waals surface area contributed by atoms with Crippen LogP contribution in [0.5, 0.6) is 0 Å². The lowest BCUT2D eigenvalue weighted by Gasteiger charge is -2.32. The normalized spacial score (nSPS) is 12.9. The number of unbranched alkanes of at least 4 members (excludes halogenated alkanes) is 4. The highest BCUT2D eigenvalue weighted by atomic mass is 32.1. The van der Waals surface area contributed by atoms with E-state index in [2.05, 4.69) is 18.8 Å². The minimum absolute atomic E-state index is 0.173. The fraction of sp³-hybridized carbons (Fsp3) is 0.778. The second kappa shape index (κ2) is 9.91. The Morgan fingerprint density at radius 3 is 2.48 bits per heavy atom. The lowest BCUT2D eigenvalue weighted by atomic mass is 10.0. The Bertz CT molecular complexity index is 440. The summed E-state index contributed by atoms with van der Waals surface area (Å²) in [4.78, 5) is 18.6. The molecule has 0 spiro atoms. The van der Waals surface area contributed by atoms with Crippen LogP contribution < -0.4 is 4.90 Å². The van der Waals surface area contributed by atoms with Crippen LogP contribution in [0, 0.1) is 0 Å². The molecule has 0 aliphatic carbocycles. The Kier molecular flexibility index (Phi) is 8.59. The summed E-state index contributed by atoms with van der Waals surface area (Å²) in [5.74, 6) is 0. The molecule has 1 aromatic heterocycles. The van der Waals surface area contributed by atoms with Crippen molar-refractivity contribution in [2.75, 3.05) is 4.90 Å². The van der Waals surface area contributed by atoms with E-state index in [-0.39, 0.29) is 12.1 Å². The summed E-state index contributed by atoms with van der Waals surface area (Å²) in [5, 5.41) is 0.875. The fourth-order valence-corrected chi connectivity index (χ4v) is 3.25. The number of aromatic nitrogens is 1. The van der Waals surface area contributed by atoms with Crippen molar-refractivity contribution in [1.29, 1.82) is 0 Å². The molecule has 0 saturated heterocycles. The zero-order valence-corrected chi connectivity index (χ0v) is 16.1. The van der Waals surface area contributed by atoms with Gasteiger partial charge in [0.1, 0.15) is 10.6 Å². The molecule has 132 valence electrons. The van der Waals surface area contributed by atoms with E-state index in [9.17, 15) is 4.79 Å². The quantitative estimate of drug-likeness (QED) is 0.516. The minimum atomic E-state index is -0.487. The largest absolute Gasteiger partial charge is 0.443 e. The Morgan fingerprint density at radius 2 is 1.96 bits per heavy atom. The SMILES string of the molecule is CCCCCCCC(CC)N(C(=O)OC(C)(C)C)c1cncs1. The fourth-order valence-electron chi connectivity index (χ4n) is 2.56. The van der Waals surface area contributed by atoms with E-state index in [4.69, 9.17) is 4.74 Å². The van der Waals surface area contributed by atoms with E-state index in [1.165, 1.54) is 37.0 Å². The Hall–Kier alpha value is -1.10. The van der Waals surface area contributed by atoms with Crippen LogP contribution >= 0.6 is 11.3 Å². The van der Waals surface area contributed by atoms with Crippen LogP contribution in [-0.4, -0.2) is 22.7 Å². The van der Waals surface area contributed by atoms with Crippen LogP contribution in [-0.2, 0) is 4.74 Å². The number of carbonyl (C=O) groups is 1. The highest BCUT2D eigenvalue weighted by molar-refractivity contribution is 7.14. The monoisotopic (exact) mass is 340 g/mol. The predicted octanol–water partition coefficient (Wildman–Crippen LogP) is 6.02. The third kappa shape index (κ3) is 7.34. The van der Waals surface area contributed by atoms with Crippen LogP contribution in [0.3, 0.4) is 0 Å². The first kappa shape index (κ1) is 19.9. The van der Waals surface area contributed by atoms with Gasteiger partial charge in [0.2, 0.25) is 0 Å². The topological polar surface area (TPSA) is 42.4 Å². The molecule has 1 amide bonds. The average molecular weight is 341 g/mol. The molecule has 0 bridgehead atoms. The van der Waals surface area contributed by atoms with Crippen molar-refractivity contribution in [2.45, 2.75) is 91.2 Å². The number of thiazole rings is 1. The second-order valence-corrected chi connectivity index (χ2v) is 7.82. The van der Waals surface area contributed by atoms with Crippen molar-refractivity contribution in [2.24, 2.45) is 0 Å². The average Bonchev–Trinajstić information content (AvgIpc) is 2.97. The van der Waals surface area contributed by atoms with Crippen LogP contribution in [0.2, 0.25) is 0 Å². The molecular weight excluding hydrogens is 308 g/mol.